The number of allylic oxidation sites excluding steroid dienone is 2. The van der Waals surface area contributed by atoms with Crippen LogP contribution in [0.2, 0.25) is 0 Å². The van der Waals surface area contributed by atoms with Crippen LogP contribution in [0.15, 0.2) is 55.1 Å². The molecule has 0 radical (unpaired) electrons. The molecule has 0 spiro atoms. The normalized spacial score (nSPS) is 18.0. The average molecular weight is 646 g/mol. The summed E-state index contributed by atoms with van der Waals surface area (Å²) in [7, 11) is 3.20. The molecule has 1 saturated carbocycles. The van der Waals surface area contributed by atoms with Gasteiger partial charge >= 0.3 is 6.09 Å². The molecule has 0 bridgehead atoms. The maximum absolute atomic E-state index is 14.4. The third kappa shape index (κ3) is 10.1. The molecule has 47 heavy (non-hydrogen) atoms. The van der Waals surface area contributed by atoms with E-state index < -0.39 is 23.5 Å². The number of aryl methyl sites for hydroxylation is 1. The number of likely N-dealkylation sites (tertiary alicyclic amines) is 1. The Morgan fingerprint density at radius 2 is 1.79 bits per heavy atom. The molecule has 1 N–H and O–H groups in total. The van der Waals surface area contributed by atoms with Crippen molar-refractivity contribution in [2.45, 2.75) is 84.4 Å². The molecule has 4 rings (SSSR count). The number of benzene rings is 2. The summed E-state index contributed by atoms with van der Waals surface area (Å²) in [6, 6.07) is 11.7. The Morgan fingerprint density at radius 3 is 2.45 bits per heavy atom. The van der Waals surface area contributed by atoms with Gasteiger partial charge in [0.25, 0.3) is 0 Å². The van der Waals surface area contributed by atoms with Gasteiger partial charge in [-0.1, -0.05) is 30.4 Å². The highest BCUT2D eigenvalue weighted by Crippen LogP contribution is 2.35. The standard InChI is InChI=1S/C38H51N3O6/c1-8-9-10-11-12-15-27-19-28(21-32(20-27)45-6)23-41(31-17-18-31)36(43)30-22-29(24-40(25-30)37(44)47-38(3,4)5)35(42)39-34-26(2)14-13-16-33(34)46-7/h8,12-16,19-21,29-31H,1,9-11,17-18,22-25H2,2-7H3,(H,39,42)/b15-12-/t29-,30+/m0/s1. The monoisotopic (exact) mass is 645 g/mol. The zero-order valence-corrected chi connectivity index (χ0v) is 28.8. The first kappa shape index (κ1) is 35.6. The number of unbranched alkanes of at least 4 members (excludes halogenated alkanes) is 2. The van der Waals surface area contributed by atoms with Crippen LogP contribution in [0.3, 0.4) is 0 Å². The number of para-hydroxylation sites is 1. The highest BCUT2D eigenvalue weighted by atomic mass is 16.6. The number of nitrogens with one attached hydrogen (secondary N) is 1. The number of carbonyl (C=O) groups is 3. The minimum atomic E-state index is -0.718. The average Bonchev–Trinajstić information content (AvgIpc) is 3.88. The SMILES string of the molecule is C=CCCC/C=C\c1cc(CN(C(=O)[C@@H]2C[C@H](C(=O)Nc3c(C)cccc3OC)CN(C(=O)OC(C)(C)C)C2)C2CC2)cc(OC)c1. The predicted octanol–water partition coefficient (Wildman–Crippen LogP) is 7.38. The van der Waals surface area contributed by atoms with E-state index in [0.29, 0.717) is 24.4 Å². The molecule has 9 heteroatoms. The number of piperidine rings is 1. The van der Waals surface area contributed by atoms with E-state index in [9.17, 15) is 14.4 Å². The molecular weight excluding hydrogens is 594 g/mol. The molecule has 9 nitrogen and oxygen atoms in total. The maximum Gasteiger partial charge on any atom is 0.410 e. The Hall–Kier alpha value is -4.27. The fourth-order valence-electron chi connectivity index (χ4n) is 5.94. The summed E-state index contributed by atoms with van der Waals surface area (Å²) in [5.41, 5.74) is 2.70. The highest BCUT2D eigenvalue weighted by molar-refractivity contribution is 5.96. The fraction of sp³-hybridized carbons (Fsp3) is 0.500. The van der Waals surface area contributed by atoms with E-state index in [0.717, 1.165) is 54.5 Å². The Morgan fingerprint density at radius 1 is 1.04 bits per heavy atom. The summed E-state index contributed by atoms with van der Waals surface area (Å²) >= 11 is 0. The van der Waals surface area contributed by atoms with E-state index in [1.54, 1.807) is 41.1 Å². The predicted molar refractivity (Wildman–Crippen MR) is 185 cm³/mol. The molecule has 0 aromatic heterocycles. The van der Waals surface area contributed by atoms with E-state index in [2.05, 4.69) is 30.1 Å². The highest BCUT2D eigenvalue weighted by Gasteiger charge is 2.43. The maximum atomic E-state index is 14.4. The van der Waals surface area contributed by atoms with Crippen molar-refractivity contribution in [3.8, 4) is 11.5 Å². The molecule has 1 heterocycles. The van der Waals surface area contributed by atoms with Gasteiger partial charge in [0.1, 0.15) is 17.1 Å². The Balaban J connectivity index is 1.57. The van der Waals surface area contributed by atoms with Crippen molar-refractivity contribution in [1.29, 1.82) is 0 Å². The van der Waals surface area contributed by atoms with Crippen molar-refractivity contribution < 1.29 is 28.6 Å². The quantitative estimate of drug-likeness (QED) is 0.180. The molecule has 2 atom stereocenters. The molecule has 1 aliphatic carbocycles. The largest absolute Gasteiger partial charge is 0.497 e. The molecule has 1 aliphatic heterocycles. The molecule has 2 fully saturated rings. The van der Waals surface area contributed by atoms with Gasteiger partial charge in [-0.3, -0.25) is 9.59 Å². The number of rotatable bonds is 13. The molecule has 1 saturated heterocycles. The summed E-state index contributed by atoms with van der Waals surface area (Å²) < 4.78 is 16.8. The third-order valence-electron chi connectivity index (χ3n) is 8.46. The first-order valence-corrected chi connectivity index (χ1v) is 16.6. The number of anilines is 1. The van der Waals surface area contributed by atoms with Crippen LogP contribution in [-0.2, 0) is 20.9 Å². The lowest BCUT2D eigenvalue weighted by Gasteiger charge is -2.39. The van der Waals surface area contributed by atoms with Gasteiger partial charge in [-0.25, -0.2) is 4.79 Å². The first-order valence-electron chi connectivity index (χ1n) is 16.6. The van der Waals surface area contributed by atoms with Crippen LogP contribution in [0, 0.1) is 18.8 Å². The van der Waals surface area contributed by atoms with E-state index >= 15 is 0 Å². The number of nitrogens with zero attached hydrogens (tertiary/aromatic N) is 2. The van der Waals surface area contributed by atoms with Crippen LogP contribution in [0.4, 0.5) is 10.5 Å². The smallest absolute Gasteiger partial charge is 0.410 e. The number of ether oxygens (including phenoxy) is 3. The summed E-state index contributed by atoms with van der Waals surface area (Å²) in [4.78, 5) is 44.9. The summed E-state index contributed by atoms with van der Waals surface area (Å²) in [6.07, 6.45) is 10.8. The van der Waals surface area contributed by atoms with Crippen molar-refractivity contribution in [3.63, 3.8) is 0 Å². The van der Waals surface area contributed by atoms with E-state index in [1.165, 1.54) is 4.90 Å². The number of amides is 3. The Bertz CT molecular complexity index is 1460. The molecular formula is C38H51N3O6. The van der Waals surface area contributed by atoms with Crippen LogP contribution in [-0.4, -0.2) is 66.7 Å². The van der Waals surface area contributed by atoms with Gasteiger partial charge in [0.2, 0.25) is 11.8 Å². The molecule has 2 aromatic carbocycles. The Labute approximate surface area is 279 Å². The van der Waals surface area contributed by atoms with Crippen LogP contribution < -0.4 is 14.8 Å². The molecule has 2 aromatic rings. The van der Waals surface area contributed by atoms with Crippen LogP contribution >= 0.6 is 0 Å². The van der Waals surface area contributed by atoms with Crippen LogP contribution in [0.1, 0.15) is 76.0 Å². The van der Waals surface area contributed by atoms with Crippen LogP contribution in [0.5, 0.6) is 11.5 Å². The number of carbonyl (C=O) groups excluding carboxylic acids is 3. The topological polar surface area (TPSA) is 97.4 Å². The lowest BCUT2D eigenvalue weighted by molar-refractivity contribution is -0.140. The van der Waals surface area contributed by atoms with Gasteiger partial charge in [0, 0.05) is 25.7 Å². The minimum absolute atomic E-state index is 0.0589. The van der Waals surface area contributed by atoms with Crippen molar-refractivity contribution in [3.05, 3.63) is 71.8 Å². The molecule has 254 valence electrons. The van der Waals surface area contributed by atoms with Gasteiger partial charge in [0.05, 0.1) is 31.7 Å². The number of hydrogen-bond donors (Lipinski definition) is 1. The molecule has 0 unspecified atom stereocenters. The second-order valence-corrected chi connectivity index (χ2v) is 13.6. The zero-order chi connectivity index (χ0) is 34.1. The fourth-order valence-corrected chi connectivity index (χ4v) is 5.94. The van der Waals surface area contributed by atoms with E-state index in [-0.39, 0.29) is 30.9 Å². The Kier molecular flexibility index (Phi) is 12.1. The van der Waals surface area contributed by atoms with E-state index in [4.69, 9.17) is 14.2 Å². The van der Waals surface area contributed by atoms with Gasteiger partial charge in [-0.05, 0) is 107 Å². The van der Waals surface area contributed by atoms with Gasteiger partial charge in [-0.2, -0.15) is 0 Å². The lowest BCUT2D eigenvalue weighted by atomic mass is 9.87. The zero-order valence-electron chi connectivity index (χ0n) is 28.8. The molecule has 2 aliphatic rings. The van der Waals surface area contributed by atoms with Gasteiger partial charge in [0.15, 0.2) is 0 Å². The van der Waals surface area contributed by atoms with Crippen molar-refractivity contribution in [2.24, 2.45) is 11.8 Å². The number of hydrogen-bond acceptors (Lipinski definition) is 6. The van der Waals surface area contributed by atoms with Gasteiger partial charge in [-0.15, -0.1) is 6.58 Å². The lowest BCUT2D eigenvalue weighted by Crippen LogP contribution is -2.53. The van der Waals surface area contributed by atoms with E-state index in [1.807, 2.05) is 42.2 Å². The third-order valence-corrected chi connectivity index (χ3v) is 8.46. The van der Waals surface area contributed by atoms with Crippen LogP contribution in [0.25, 0.3) is 6.08 Å². The number of methoxy groups -OCH3 is 2. The van der Waals surface area contributed by atoms with Crippen molar-refractivity contribution in [2.75, 3.05) is 32.6 Å². The van der Waals surface area contributed by atoms with Gasteiger partial charge < -0.3 is 29.3 Å². The van der Waals surface area contributed by atoms with Crippen molar-refractivity contribution in [1.82, 2.24) is 9.80 Å². The van der Waals surface area contributed by atoms with Crippen molar-refractivity contribution >= 4 is 29.7 Å². The summed E-state index contributed by atoms with van der Waals surface area (Å²) in [5.74, 6) is -0.231. The molecule has 3 amide bonds. The summed E-state index contributed by atoms with van der Waals surface area (Å²) in [5, 5.41) is 3.02. The second kappa shape index (κ2) is 16.0. The minimum Gasteiger partial charge on any atom is -0.497 e. The first-order chi connectivity index (χ1) is 22.4. The second-order valence-electron chi connectivity index (χ2n) is 13.6. The summed E-state index contributed by atoms with van der Waals surface area (Å²) in [6.45, 7) is 11.9.